The molecule has 1 saturated carbocycles. The Labute approximate surface area is 126 Å². The summed E-state index contributed by atoms with van der Waals surface area (Å²) in [5, 5.41) is 0. The van der Waals surface area contributed by atoms with Gasteiger partial charge >= 0.3 is 7.12 Å². The summed E-state index contributed by atoms with van der Waals surface area (Å²) < 4.78 is 12.0. The summed E-state index contributed by atoms with van der Waals surface area (Å²) >= 11 is 0. The van der Waals surface area contributed by atoms with E-state index in [9.17, 15) is 0 Å². The van der Waals surface area contributed by atoms with Crippen LogP contribution in [-0.2, 0) is 14.8 Å². The van der Waals surface area contributed by atoms with Gasteiger partial charge in [-0.05, 0) is 40.2 Å². The van der Waals surface area contributed by atoms with Gasteiger partial charge in [-0.3, -0.25) is 4.98 Å². The van der Waals surface area contributed by atoms with Crippen molar-refractivity contribution in [2.24, 2.45) is 0 Å². The fourth-order valence-electron chi connectivity index (χ4n) is 2.74. The van der Waals surface area contributed by atoms with E-state index in [1.54, 1.807) is 6.20 Å². The van der Waals surface area contributed by atoms with Crippen molar-refractivity contribution in [1.82, 2.24) is 4.98 Å². The first-order valence-electron chi connectivity index (χ1n) is 7.50. The highest BCUT2D eigenvalue weighted by molar-refractivity contribution is 6.62. The first-order chi connectivity index (χ1) is 9.80. The Kier molecular flexibility index (Phi) is 3.16. The van der Waals surface area contributed by atoms with Crippen LogP contribution in [0.25, 0.3) is 4.85 Å². The summed E-state index contributed by atoms with van der Waals surface area (Å²) in [6, 6.07) is 3.94. The number of nitrogens with zero attached hydrogens (tertiary/aromatic N) is 2. The normalized spacial score (nSPS) is 25.2. The molecular formula is C16H21BN2O2. The summed E-state index contributed by atoms with van der Waals surface area (Å²) in [6.07, 6.45) is 4.74. The van der Waals surface area contributed by atoms with Gasteiger partial charge in [0.25, 0.3) is 5.54 Å². The minimum absolute atomic E-state index is 0.345. The quantitative estimate of drug-likeness (QED) is 0.618. The number of rotatable bonds is 2. The monoisotopic (exact) mass is 284 g/mol. The van der Waals surface area contributed by atoms with Crippen molar-refractivity contribution in [3.05, 3.63) is 35.4 Å². The van der Waals surface area contributed by atoms with Crippen molar-refractivity contribution in [2.45, 2.75) is 63.7 Å². The second-order valence-electron chi connectivity index (χ2n) is 7.06. The molecule has 1 aromatic rings. The molecule has 0 aromatic carbocycles. The molecule has 1 aliphatic carbocycles. The zero-order valence-electron chi connectivity index (χ0n) is 13.1. The van der Waals surface area contributed by atoms with E-state index in [-0.39, 0.29) is 23.9 Å². The van der Waals surface area contributed by atoms with Crippen molar-refractivity contribution >= 4 is 12.6 Å². The topological polar surface area (TPSA) is 35.7 Å². The van der Waals surface area contributed by atoms with E-state index in [0.717, 1.165) is 30.4 Å². The Morgan fingerprint density at radius 2 is 1.76 bits per heavy atom. The van der Waals surface area contributed by atoms with Gasteiger partial charge in [0, 0.05) is 24.5 Å². The van der Waals surface area contributed by atoms with Gasteiger partial charge in [-0.25, -0.2) is 6.57 Å². The van der Waals surface area contributed by atoms with Gasteiger partial charge < -0.3 is 14.2 Å². The number of pyridine rings is 1. The van der Waals surface area contributed by atoms with Gasteiger partial charge in [-0.1, -0.05) is 6.07 Å². The van der Waals surface area contributed by atoms with Gasteiger partial charge in [0.05, 0.1) is 11.2 Å². The third-order valence-corrected chi connectivity index (χ3v) is 5.18. The molecule has 2 fully saturated rings. The van der Waals surface area contributed by atoms with Crippen molar-refractivity contribution in [3.8, 4) is 0 Å². The maximum Gasteiger partial charge on any atom is 0.496 e. The Bertz CT molecular complexity index is 569. The van der Waals surface area contributed by atoms with Gasteiger partial charge in [0.2, 0.25) is 0 Å². The zero-order chi connectivity index (χ0) is 15.3. The first-order valence-corrected chi connectivity index (χ1v) is 7.50. The Morgan fingerprint density at radius 3 is 2.14 bits per heavy atom. The molecule has 1 aromatic heterocycles. The van der Waals surface area contributed by atoms with E-state index in [0.29, 0.717) is 0 Å². The molecule has 3 rings (SSSR count). The van der Waals surface area contributed by atoms with Crippen LogP contribution >= 0.6 is 0 Å². The van der Waals surface area contributed by atoms with Crippen LogP contribution in [0.2, 0.25) is 0 Å². The van der Waals surface area contributed by atoms with Crippen molar-refractivity contribution < 1.29 is 9.31 Å². The van der Waals surface area contributed by atoms with Crippen molar-refractivity contribution in [1.29, 1.82) is 0 Å². The van der Waals surface area contributed by atoms with Crippen LogP contribution in [0.15, 0.2) is 18.3 Å². The van der Waals surface area contributed by atoms with Gasteiger partial charge in [-0.15, -0.1) is 0 Å². The second-order valence-corrected chi connectivity index (χ2v) is 7.06. The van der Waals surface area contributed by atoms with Crippen molar-refractivity contribution in [3.63, 3.8) is 0 Å². The van der Waals surface area contributed by atoms with Gasteiger partial charge in [-0.2, -0.15) is 0 Å². The minimum atomic E-state index is -0.387. The lowest BCUT2D eigenvalue weighted by Crippen LogP contribution is -2.41. The largest absolute Gasteiger partial charge is 0.496 e. The molecule has 2 heterocycles. The Balaban J connectivity index is 1.82. The molecule has 1 saturated heterocycles. The summed E-state index contributed by atoms with van der Waals surface area (Å²) in [6.45, 7) is 15.6. The minimum Gasteiger partial charge on any atom is -0.399 e. The van der Waals surface area contributed by atoms with Crippen molar-refractivity contribution in [2.75, 3.05) is 0 Å². The first kappa shape index (κ1) is 14.6. The lowest BCUT2D eigenvalue weighted by atomic mass is 9.74. The van der Waals surface area contributed by atoms with Crippen LogP contribution < -0.4 is 5.46 Å². The average molecular weight is 284 g/mol. The molecule has 110 valence electrons. The summed E-state index contributed by atoms with van der Waals surface area (Å²) in [5.74, 6) is 0. The molecule has 0 atom stereocenters. The fraction of sp³-hybridized carbons (Fsp3) is 0.625. The molecule has 21 heavy (non-hydrogen) atoms. The molecular weight excluding hydrogens is 263 g/mol. The van der Waals surface area contributed by atoms with Gasteiger partial charge in [0.15, 0.2) is 0 Å². The maximum atomic E-state index is 7.41. The summed E-state index contributed by atoms with van der Waals surface area (Å²) in [4.78, 5) is 8.30. The van der Waals surface area contributed by atoms with E-state index in [4.69, 9.17) is 15.9 Å². The van der Waals surface area contributed by atoms with Crippen LogP contribution in [0.5, 0.6) is 0 Å². The number of hydrogen-bond acceptors (Lipinski definition) is 3. The molecule has 0 radical (unpaired) electrons. The summed E-state index contributed by atoms with van der Waals surface area (Å²) in [7, 11) is -0.387. The smallest absolute Gasteiger partial charge is 0.399 e. The predicted octanol–water partition coefficient (Wildman–Crippen LogP) is 2.68. The van der Waals surface area contributed by atoms with Crippen LogP contribution in [-0.4, -0.2) is 23.3 Å². The van der Waals surface area contributed by atoms with Gasteiger partial charge in [0.1, 0.15) is 5.69 Å². The Hall–Kier alpha value is -1.38. The number of aromatic nitrogens is 1. The summed E-state index contributed by atoms with van der Waals surface area (Å²) in [5.41, 5.74) is 0.722. The average Bonchev–Trinajstić information content (AvgIpc) is 2.59. The fourth-order valence-corrected chi connectivity index (χ4v) is 2.74. The van der Waals surface area contributed by atoms with E-state index in [1.807, 2.05) is 39.8 Å². The van der Waals surface area contributed by atoms with E-state index in [1.165, 1.54) is 0 Å². The molecule has 5 heteroatoms. The Morgan fingerprint density at radius 1 is 1.14 bits per heavy atom. The van der Waals surface area contributed by atoms with E-state index < -0.39 is 0 Å². The molecule has 0 N–H and O–H groups in total. The highest BCUT2D eigenvalue weighted by Gasteiger charge is 2.52. The lowest BCUT2D eigenvalue weighted by molar-refractivity contribution is 0.00578. The zero-order valence-corrected chi connectivity index (χ0v) is 13.1. The highest BCUT2D eigenvalue weighted by Crippen LogP contribution is 2.44. The predicted molar refractivity (Wildman–Crippen MR) is 82.1 cm³/mol. The standard InChI is InChI=1S/C16H21BN2O2/c1-14(2)15(3,4)21-17(20-14)12-7-8-13(19-11-12)16(18-5)9-6-10-16/h7-8,11H,6,9-10H2,1-4H3. The maximum absolute atomic E-state index is 7.41. The third-order valence-electron chi connectivity index (χ3n) is 5.18. The van der Waals surface area contributed by atoms with Crippen LogP contribution in [0, 0.1) is 6.57 Å². The molecule has 0 spiro atoms. The van der Waals surface area contributed by atoms with E-state index >= 15 is 0 Å². The SMILES string of the molecule is [C-]#[N+]C1(c2ccc(B3OC(C)(C)C(C)(C)O3)cn2)CCC1. The molecule has 4 nitrogen and oxygen atoms in total. The highest BCUT2D eigenvalue weighted by atomic mass is 16.7. The molecule has 1 aliphatic heterocycles. The second kappa shape index (κ2) is 4.56. The lowest BCUT2D eigenvalue weighted by Gasteiger charge is -2.32. The molecule has 0 bridgehead atoms. The van der Waals surface area contributed by atoms with Crippen LogP contribution in [0.1, 0.15) is 52.7 Å². The van der Waals surface area contributed by atoms with Crippen LogP contribution in [0.4, 0.5) is 0 Å². The van der Waals surface area contributed by atoms with E-state index in [2.05, 4.69) is 9.83 Å². The number of hydrogen-bond donors (Lipinski definition) is 0. The molecule has 2 aliphatic rings. The molecule has 0 amide bonds. The molecule has 0 unspecified atom stereocenters. The van der Waals surface area contributed by atoms with Crippen LogP contribution in [0.3, 0.4) is 0 Å². The third kappa shape index (κ3) is 2.18.